The van der Waals surface area contributed by atoms with Crippen LogP contribution in [-0.2, 0) is 15.8 Å². The topological polar surface area (TPSA) is 141 Å². The largest absolute Gasteiger partial charge is 0.416 e. The first kappa shape index (κ1) is 37.5. The smallest absolute Gasteiger partial charge is 0.343 e. The molecule has 5 N–H and O–H groups in total. The van der Waals surface area contributed by atoms with Gasteiger partial charge in [-0.2, -0.15) is 13.2 Å². The number of benzene rings is 3. The van der Waals surface area contributed by atoms with Crippen molar-refractivity contribution in [3.8, 4) is 0 Å². The molecule has 0 aromatic heterocycles. The van der Waals surface area contributed by atoms with Gasteiger partial charge in [-0.25, -0.2) is 4.99 Å². The third kappa shape index (κ3) is 11.3. The van der Waals surface area contributed by atoms with Crippen LogP contribution < -0.4 is 26.6 Å². The Morgan fingerprint density at radius 3 is 2.20 bits per heavy atom. The normalized spacial score (nSPS) is 12.1. The summed E-state index contributed by atoms with van der Waals surface area (Å²) in [6.07, 6.45) is 0.259. The van der Waals surface area contributed by atoms with Gasteiger partial charge in [0.05, 0.1) is 24.0 Å². The minimum Gasteiger partial charge on any atom is -0.343 e. The number of alkyl halides is 3. The molecular weight excluding hydrogens is 637 g/mol. The van der Waals surface area contributed by atoms with Crippen LogP contribution in [0.1, 0.15) is 59.0 Å². The molecule has 4 amide bonds. The summed E-state index contributed by atoms with van der Waals surface area (Å²) in [5, 5.41) is 13.7. The minimum atomic E-state index is -4.60. The summed E-state index contributed by atoms with van der Waals surface area (Å²) in [6.45, 7) is 10.4. The summed E-state index contributed by atoms with van der Waals surface area (Å²) >= 11 is 0. The van der Waals surface area contributed by atoms with Crippen molar-refractivity contribution in [1.29, 1.82) is 0 Å². The standard InChI is InChI=1S/C36H37F3N6O4/c1-6-22(4)33(43-28-14-10-13-27(18-28)42-32(47)21-40-31(46)8-3)41-20-26(7-2)44-35(49)30-19-29(16-15-23(30)5)45-34(48)24-11-9-12-25(17-24)36(37,38)39/h7-20,43H,3,6,21H2,1-2,4-5H3,(H,40,46)(H,42,47)(H,44,49)(H,45,48)/b26-7+,33-22-,41-20-. The Kier molecular flexibility index (Phi) is 13.2. The molecule has 0 heterocycles. The lowest BCUT2D eigenvalue weighted by Gasteiger charge is -2.13. The van der Waals surface area contributed by atoms with E-state index in [9.17, 15) is 32.3 Å². The van der Waals surface area contributed by atoms with Gasteiger partial charge in [0.1, 0.15) is 5.82 Å². The zero-order valence-corrected chi connectivity index (χ0v) is 27.4. The highest BCUT2D eigenvalue weighted by molar-refractivity contribution is 6.06. The first-order valence-electron chi connectivity index (χ1n) is 15.1. The Hall–Kier alpha value is -5.98. The molecule has 13 heteroatoms. The Morgan fingerprint density at radius 2 is 1.55 bits per heavy atom. The van der Waals surface area contributed by atoms with Gasteiger partial charge in [-0.3, -0.25) is 19.2 Å². The molecule has 0 unspecified atom stereocenters. The maximum absolute atomic E-state index is 13.3. The average molecular weight is 675 g/mol. The monoisotopic (exact) mass is 674 g/mol. The quantitative estimate of drug-likeness (QED) is 0.0985. The molecule has 3 aromatic carbocycles. The van der Waals surface area contributed by atoms with E-state index >= 15 is 0 Å². The summed E-state index contributed by atoms with van der Waals surface area (Å²) in [6, 6.07) is 15.6. The molecule has 0 spiro atoms. The average Bonchev–Trinajstić information content (AvgIpc) is 3.08. The molecular formula is C36H37F3N6O4. The predicted molar refractivity (Wildman–Crippen MR) is 185 cm³/mol. The molecule has 3 aromatic rings. The molecule has 0 saturated carbocycles. The molecule has 3 rings (SSSR count). The van der Waals surface area contributed by atoms with Crippen LogP contribution in [-0.4, -0.2) is 36.4 Å². The minimum absolute atomic E-state index is 0.181. The molecule has 0 aliphatic carbocycles. The number of amides is 4. The number of aryl methyl sites for hydroxylation is 1. The lowest BCUT2D eigenvalue weighted by Crippen LogP contribution is -2.31. The number of nitrogens with zero attached hydrogens (tertiary/aromatic N) is 1. The summed E-state index contributed by atoms with van der Waals surface area (Å²) in [5.74, 6) is -1.63. The number of hydrogen-bond acceptors (Lipinski definition) is 6. The van der Waals surface area contributed by atoms with Gasteiger partial charge in [0, 0.05) is 28.2 Å². The van der Waals surface area contributed by atoms with E-state index in [1.165, 1.54) is 18.3 Å². The fraction of sp³-hybridized carbons (Fsp3) is 0.194. The van der Waals surface area contributed by atoms with E-state index in [0.717, 1.165) is 29.8 Å². The maximum Gasteiger partial charge on any atom is 0.416 e. The molecule has 0 atom stereocenters. The van der Waals surface area contributed by atoms with E-state index in [0.29, 0.717) is 34.9 Å². The van der Waals surface area contributed by atoms with E-state index in [1.807, 2.05) is 13.8 Å². The molecule has 0 fully saturated rings. The van der Waals surface area contributed by atoms with Gasteiger partial charge in [-0.1, -0.05) is 37.8 Å². The summed E-state index contributed by atoms with van der Waals surface area (Å²) in [7, 11) is 0. The van der Waals surface area contributed by atoms with E-state index in [2.05, 4.69) is 38.2 Å². The zero-order chi connectivity index (χ0) is 36.1. The number of nitrogens with one attached hydrogen (secondary N) is 5. The molecule has 0 saturated heterocycles. The second-order valence-corrected chi connectivity index (χ2v) is 10.7. The predicted octanol–water partition coefficient (Wildman–Crippen LogP) is 6.96. The van der Waals surface area contributed by atoms with Gasteiger partial charge in [-0.15, -0.1) is 0 Å². The highest BCUT2D eigenvalue weighted by Crippen LogP contribution is 2.30. The number of anilines is 3. The fourth-order valence-electron chi connectivity index (χ4n) is 4.17. The van der Waals surface area contributed by atoms with Crippen LogP contribution >= 0.6 is 0 Å². The summed E-state index contributed by atoms with van der Waals surface area (Å²) < 4.78 is 39.3. The third-order valence-electron chi connectivity index (χ3n) is 7.05. The van der Waals surface area contributed by atoms with Crippen LogP contribution in [0.5, 0.6) is 0 Å². The van der Waals surface area contributed by atoms with E-state index in [4.69, 9.17) is 0 Å². The molecule has 0 aliphatic heterocycles. The first-order valence-corrected chi connectivity index (χ1v) is 15.1. The van der Waals surface area contributed by atoms with Gasteiger partial charge in [0.15, 0.2) is 0 Å². The number of allylic oxidation sites excluding steroid dienone is 3. The van der Waals surface area contributed by atoms with Crippen LogP contribution in [0.25, 0.3) is 0 Å². The highest BCUT2D eigenvalue weighted by atomic mass is 19.4. The fourth-order valence-corrected chi connectivity index (χ4v) is 4.17. The van der Waals surface area contributed by atoms with E-state index in [-0.39, 0.29) is 23.4 Å². The van der Waals surface area contributed by atoms with Crippen molar-refractivity contribution in [3.05, 3.63) is 125 Å². The van der Waals surface area contributed by atoms with Gasteiger partial charge in [0.2, 0.25) is 11.8 Å². The molecule has 0 bridgehead atoms. The van der Waals surface area contributed by atoms with Crippen LogP contribution in [0.15, 0.2) is 108 Å². The second kappa shape index (κ2) is 17.3. The van der Waals surface area contributed by atoms with Crippen molar-refractivity contribution in [1.82, 2.24) is 10.6 Å². The van der Waals surface area contributed by atoms with Gasteiger partial charge >= 0.3 is 6.18 Å². The van der Waals surface area contributed by atoms with Crippen LogP contribution in [0.3, 0.4) is 0 Å². The second-order valence-electron chi connectivity index (χ2n) is 10.7. The molecule has 49 heavy (non-hydrogen) atoms. The Labute approximate surface area is 282 Å². The number of rotatable bonds is 13. The lowest BCUT2D eigenvalue weighted by atomic mass is 10.1. The van der Waals surface area contributed by atoms with Crippen molar-refractivity contribution >= 4 is 46.9 Å². The van der Waals surface area contributed by atoms with Crippen LogP contribution in [0.4, 0.5) is 30.2 Å². The number of halogens is 3. The summed E-state index contributed by atoms with van der Waals surface area (Å²) in [4.78, 5) is 54.1. The van der Waals surface area contributed by atoms with Crippen LogP contribution in [0, 0.1) is 6.92 Å². The van der Waals surface area contributed by atoms with Gasteiger partial charge in [0.25, 0.3) is 11.8 Å². The van der Waals surface area contributed by atoms with E-state index < -0.39 is 35.4 Å². The lowest BCUT2D eigenvalue weighted by molar-refractivity contribution is -0.137. The first-order chi connectivity index (χ1) is 23.2. The van der Waals surface area contributed by atoms with E-state index in [1.54, 1.807) is 56.3 Å². The molecule has 10 nitrogen and oxygen atoms in total. The van der Waals surface area contributed by atoms with Gasteiger partial charge < -0.3 is 26.6 Å². The number of carbonyl (C=O) groups excluding carboxylic acids is 4. The van der Waals surface area contributed by atoms with Crippen molar-refractivity contribution < 1.29 is 32.3 Å². The van der Waals surface area contributed by atoms with Crippen LogP contribution in [0.2, 0.25) is 0 Å². The number of carbonyl (C=O) groups is 4. The Bertz CT molecular complexity index is 1830. The molecule has 0 aliphatic rings. The van der Waals surface area contributed by atoms with Crippen molar-refractivity contribution in [2.75, 3.05) is 22.5 Å². The number of hydrogen-bond donors (Lipinski definition) is 5. The highest BCUT2D eigenvalue weighted by Gasteiger charge is 2.31. The third-order valence-corrected chi connectivity index (χ3v) is 7.05. The SMILES string of the molecule is C=CC(=O)NCC(=O)Nc1cccc(NC(/N=C\C(=C/C)NC(=O)c2cc(NC(=O)c3cccc(C(F)(F)F)c3)ccc2C)=C(/C)CC)c1. The Morgan fingerprint density at radius 1 is 0.878 bits per heavy atom. The van der Waals surface area contributed by atoms with Crippen molar-refractivity contribution in [3.63, 3.8) is 0 Å². The van der Waals surface area contributed by atoms with Crippen molar-refractivity contribution in [2.45, 2.75) is 40.3 Å². The maximum atomic E-state index is 13.3. The molecule has 0 radical (unpaired) electrons. The number of aliphatic imine (C=N–C) groups is 1. The Balaban J connectivity index is 1.72. The zero-order valence-electron chi connectivity index (χ0n) is 27.4. The van der Waals surface area contributed by atoms with Crippen molar-refractivity contribution in [2.24, 2.45) is 4.99 Å². The summed E-state index contributed by atoms with van der Waals surface area (Å²) in [5.41, 5.74) is 2.31. The van der Waals surface area contributed by atoms with Gasteiger partial charge in [-0.05, 0) is 92.9 Å². The molecule has 256 valence electrons.